The molecule has 0 saturated heterocycles. The minimum atomic E-state index is -4.63. The van der Waals surface area contributed by atoms with Gasteiger partial charge in [0.25, 0.3) is 0 Å². The zero-order valence-electron chi connectivity index (χ0n) is 14.4. The lowest BCUT2D eigenvalue weighted by molar-refractivity contribution is -0.253. The van der Waals surface area contributed by atoms with Crippen LogP contribution >= 0.6 is 0 Å². The predicted molar refractivity (Wildman–Crippen MR) is 87.8 cm³/mol. The van der Waals surface area contributed by atoms with Crippen LogP contribution in [0.15, 0.2) is 48.0 Å². The van der Waals surface area contributed by atoms with Crippen LogP contribution in [0.1, 0.15) is 18.1 Å². The van der Waals surface area contributed by atoms with E-state index in [9.17, 15) is 31.1 Å². The van der Waals surface area contributed by atoms with Crippen LogP contribution in [0.25, 0.3) is 6.08 Å². The molecule has 0 N–H and O–H groups in total. The Morgan fingerprint density at radius 3 is 2.18 bits per heavy atom. The number of hydrogen-bond acceptors (Lipinski definition) is 3. The molecular weight excluding hydrogens is 390 g/mol. The Bertz CT molecular complexity index is 842. The van der Waals surface area contributed by atoms with Crippen LogP contribution in [0.5, 0.6) is 5.75 Å². The number of esters is 1. The molecule has 0 heterocycles. The second-order valence-corrected chi connectivity index (χ2v) is 5.64. The monoisotopic (exact) mass is 404 g/mol. The van der Waals surface area contributed by atoms with Crippen LogP contribution in [0.3, 0.4) is 0 Å². The maximum Gasteiger partial charge on any atom is 0.461 e. The summed E-state index contributed by atoms with van der Waals surface area (Å²) >= 11 is 0. The number of rotatable bonds is 7. The molecule has 0 aliphatic rings. The van der Waals surface area contributed by atoms with Crippen molar-refractivity contribution in [2.45, 2.75) is 26.1 Å². The molecule has 0 radical (unpaired) electrons. The molecule has 9 heteroatoms. The molecule has 0 atom stereocenters. The Balaban J connectivity index is 2.01. The van der Waals surface area contributed by atoms with Gasteiger partial charge < -0.3 is 9.47 Å². The van der Waals surface area contributed by atoms with Crippen molar-refractivity contribution < 1.29 is 40.6 Å². The third-order valence-corrected chi connectivity index (χ3v) is 3.50. The first-order valence-corrected chi connectivity index (χ1v) is 7.83. The number of hydrogen-bond donors (Lipinski definition) is 0. The van der Waals surface area contributed by atoms with Gasteiger partial charge >= 0.3 is 18.5 Å². The first-order chi connectivity index (χ1) is 13.1. The van der Waals surface area contributed by atoms with Gasteiger partial charge in [0.05, 0.1) is 5.56 Å². The number of carbonyl (C=O) groups is 1. The number of benzene rings is 2. The van der Waals surface area contributed by atoms with Crippen molar-refractivity contribution in [1.29, 1.82) is 0 Å². The molecule has 2 aromatic carbocycles. The SMILES string of the molecule is C/C(=C\c1ccc(OC(F)(F)C(F)F)cc1)C(=O)OCc1c(F)cccc1F. The van der Waals surface area contributed by atoms with Gasteiger partial charge in [0.2, 0.25) is 0 Å². The maximum atomic E-state index is 13.5. The van der Waals surface area contributed by atoms with Crippen molar-refractivity contribution in [3.63, 3.8) is 0 Å². The summed E-state index contributed by atoms with van der Waals surface area (Å²) in [5.41, 5.74) is 0.0210. The fourth-order valence-corrected chi connectivity index (χ4v) is 2.06. The highest BCUT2D eigenvalue weighted by Crippen LogP contribution is 2.27. The van der Waals surface area contributed by atoms with E-state index >= 15 is 0 Å². The molecule has 28 heavy (non-hydrogen) atoms. The molecule has 0 amide bonds. The number of halogens is 6. The van der Waals surface area contributed by atoms with E-state index in [1.54, 1.807) is 0 Å². The van der Waals surface area contributed by atoms with Crippen LogP contribution in [0, 0.1) is 11.6 Å². The molecular formula is C19H14F6O3. The Hall–Kier alpha value is -2.97. The summed E-state index contributed by atoms with van der Waals surface area (Å²) in [5.74, 6) is -3.05. The normalized spacial score (nSPS) is 12.2. The van der Waals surface area contributed by atoms with E-state index in [0.29, 0.717) is 5.56 Å². The quantitative estimate of drug-likeness (QED) is 0.355. The number of carbonyl (C=O) groups excluding carboxylic acids is 1. The Morgan fingerprint density at radius 1 is 1.07 bits per heavy atom. The Labute approximate surface area is 156 Å². The minimum absolute atomic E-state index is 0.0586. The smallest absolute Gasteiger partial charge is 0.457 e. The van der Waals surface area contributed by atoms with Gasteiger partial charge in [0.15, 0.2) is 0 Å². The molecule has 150 valence electrons. The van der Waals surface area contributed by atoms with E-state index in [2.05, 4.69) is 4.74 Å². The summed E-state index contributed by atoms with van der Waals surface area (Å²) in [6.45, 7) is 0.757. The van der Waals surface area contributed by atoms with E-state index in [1.165, 1.54) is 31.2 Å². The zero-order chi connectivity index (χ0) is 20.9. The molecule has 0 fully saturated rings. The molecule has 2 aromatic rings. The van der Waals surface area contributed by atoms with E-state index in [-0.39, 0.29) is 5.57 Å². The first kappa shape index (κ1) is 21.3. The van der Waals surface area contributed by atoms with E-state index in [0.717, 1.165) is 24.3 Å². The van der Waals surface area contributed by atoms with Crippen LogP contribution in [-0.4, -0.2) is 18.5 Å². The molecule has 0 aromatic heterocycles. The molecule has 0 bridgehead atoms. The summed E-state index contributed by atoms with van der Waals surface area (Å²) in [4.78, 5) is 11.9. The summed E-state index contributed by atoms with van der Waals surface area (Å²) < 4.78 is 85.6. The zero-order valence-corrected chi connectivity index (χ0v) is 14.4. The average molecular weight is 404 g/mol. The third kappa shape index (κ3) is 5.51. The van der Waals surface area contributed by atoms with Gasteiger partial charge in [0.1, 0.15) is 24.0 Å². The standard InChI is InChI=1S/C19H14F6O3/c1-11(17(26)27-10-14-15(20)3-2-4-16(14)21)9-12-5-7-13(8-6-12)28-19(24,25)18(22)23/h2-9,18H,10H2,1H3/b11-9+. The van der Waals surface area contributed by atoms with Crippen molar-refractivity contribution in [3.05, 3.63) is 70.8 Å². The second kappa shape index (κ2) is 8.81. The van der Waals surface area contributed by atoms with E-state index < -0.39 is 48.1 Å². The first-order valence-electron chi connectivity index (χ1n) is 7.83. The van der Waals surface area contributed by atoms with Crippen molar-refractivity contribution in [1.82, 2.24) is 0 Å². The van der Waals surface area contributed by atoms with Crippen molar-refractivity contribution in [3.8, 4) is 5.75 Å². The summed E-state index contributed by atoms with van der Waals surface area (Å²) in [5, 5.41) is 0. The summed E-state index contributed by atoms with van der Waals surface area (Å²) in [6.07, 6.45) is -7.29. The fraction of sp³-hybridized carbons (Fsp3) is 0.211. The van der Waals surface area contributed by atoms with Gasteiger partial charge in [0, 0.05) is 5.57 Å². The van der Waals surface area contributed by atoms with Crippen LogP contribution in [-0.2, 0) is 16.1 Å². The highest BCUT2D eigenvalue weighted by molar-refractivity contribution is 5.93. The molecule has 0 aliphatic heterocycles. The minimum Gasteiger partial charge on any atom is -0.457 e. The van der Waals surface area contributed by atoms with Crippen LogP contribution in [0.4, 0.5) is 26.3 Å². The molecule has 0 spiro atoms. The van der Waals surface area contributed by atoms with Crippen LogP contribution in [0.2, 0.25) is 0 Å². The van der Waals surface area contributed by atoms with E-state index in [4.69, 9.17) is 4.74 Å². The van der Waals surface area contributed by atoms with Crippen molar-refractivity contribution in [2.24, 2.45) is 0 Å². The molecule has 0 saturated carbocycles. The van der Waals surface area contributed by atoms with Gasteiger partial charge in [-0.15, -0.1) is 0 Å². The number of alkyl halides is 4. The lowest BCUT2D eigenvalue weighted by Gasteiger charge is -2.16. The third-order valence-electron chi connectivity index (χ3n) is 3.50. The topological polar surface area (TPSA) is 35.5 Å². The van der Waals surface area contributed by atoms with Gasteiger partial charge in [-0.25, -0.2) is 13.6 Å². The summed E-state index contributed by atoms with van der Waals surface area (Å²) in [6, 6.07) is 7.78. The summed E-state index contributed by atoms with van der Waals surface area (Å²) in [7, 11) is 0. The molecule has 3 nitrogen and oxygen atoms in total. The Kier molecular flexibility index (Phi) is 6.71. The Morgan fingerprint density at radius 2 is 1.64 bits per heavy atom. The molecule has 0 unspecified atom stereocenters. The van der Waals surface area contributed by atoms with E-state index in [1.807, 2.05) is 0 Å². The highest BCUT2D eigenvalue weighted by atomic mass is 19.3. The molecule has 0 aliphatic carbocycles. The van der Waals surface area contributed by atoms with Crippen molar-refractivity contribution >= 4 is 12.0 Å². The highest BCUT2D eigenvalue weighted by Gasteiger charge is 2.43. The van der Waals surface area contributed by atoms with Gasteiger partial charge in [-0.2, -0.15) is 17.6 Å². The second-order valence-electron chi connectivity index (χ2n) is 5.64. The average Bonchev–Trinajstić information content (AvgIpc) is 2.62. The lowest BCUT2D eigenvalue weighted by Crippen LogP contribution is -2.33. The van der Waals surface area contributed by atoms with Gasteiger partial charge in [-0.05, 0) is 42.8 Å². The predicted octanol–water partition coefficient (Wildman–Crippen LogP) is 5.35. The van der Waals surface area contributed by atoms with Gasteiger partial charge in [-0.3, -0.25) is 0 Å². The van der Waals surface area contributed by atoms with Crippen molar-refractivity contribution in [2.75, 3.05) is 0 Å². The van der Waals surface area contributed by atoms with Crippen LogP contribution < -0.4 is 4.74 Å². The molecule has 2 rings (SSSR count). The number of ether oxygens (including phenoxy) is 2. The largest absolute Gasteiger partial charge is 0.461 e. The fourth-order valence-electron chi connectivity index (χ4n) is 2.06. The maximum absolute atomic E-state index is 13.5. The van der Waals surface area contributed by atoms with Gasteiger partial charge in [-0.1, -0.05) is 18.2 Å². The lowest BCUT2D eigenvalue weighted by atomic mass is 10.1.